The average Bonchev–Trinajstić information content (AvgIpc) is 3.20. The van der Waals surface area contributed by atoms with Gasteiger partial charge in [0.05, 0.1) is 17.4 Å². The van der Waals surface area contributed by atoms with Crippen molar-refractivity contribution in [2.45, 2.75) is 29.8 Å². The maximum Gasteiger partial charge on any atom is 0.322 e. The van der Waals surface area contributed by atoms with Gasteiger partial charge in [-0.25, -0.2) is 9.18 Å². The van der Waals surface area contributed by atoms with Gasteiger partial charge >= 0.3 is 6.03 Å². The molecule has 130 valence electrons. The number of nitrogens with zero attached hydrogens (tertiary/aromatic N) is 5. The van der Waals surface area contributed by atoms with Gasteiger partial charge in [-0.3, -0.25) is 10.00 Å². The zero-order valence-electron chi connectivity index (χ0n) is 13.5. The van der Waals surface area contributed by atoms with Crippen molar-refractivity contribution in [3.8, 4) is 0 Å². The number of rotatable bonds is 4. The van der Waals surface area contributed by atoms with Crippen LogP contribution in [-0.2, 0) is 7.05 Å². The molecule has 1 unspecified atom stereocenters. The summed E-state index contributed by atoms with van der Waals surface area (Å²) in [5.41, 5.74) is 0. The van der Waals surface area contributed by atoms with Gasteiger partial charge < -0.3 is 4.90 Å². The number of piperidine rings is 1. The first-order valence-electron chi connectivity index (χ1n) is 7.65. The van der Waals surface area contributed by atoms with E-state index in [0.717, 1.165) is 16.6 Å². The number of alkyl halides is 1. The number of carbonyl (C=O) groups is 1. The third kappa shape index (κ3) is 3.86. The van der Waals surface area contributed by atoms with Crippen LogP contribution in [0.2, 0.25) is 0 Å². The third-order valence-corrected chi connectivity index (χ3v) is 6.10. The highest BCUT2D eigenvalue weighted by Crippen LogP contribution is 2.43. The van der Waals surface area contributed by atoms with E-state index in [0.29, 0.717) is 30.9 Å². The van der Waals surface area contributed by atoms with Gasteiger partial charge in [0.25, 0.3) is 0 Å². The highest BCUT2D eigenvalue weighted by Gasteiger charge is 2.39. The van der Waals surface area contributed by atoms with Crippen LogP contribution in [0.5, 0.6) is 0 Å². The van der Waals surface area contributed by atoms with Crippen molar-refractivity contribution < 1.29 is 9.18 Å². The summed E-state index contributed by atoms with van der Waals surface area (Å²) in [5.74, 6) is -0.105. The van der Waals surface area contributed by atoms with Crippen LogP contribution in [0.4, 0.5) is 14.2 Å². The lowest BCUT2D eigenvalue weighted by atomic mass is 9.92. The number of hydrogen-bond acceptors (Lipinski definition) is 6. The third-order valence-electron chi connectivity index (χ3n) is 4.18. The summed E-state index contributed by atoms with van der Waals surface area (Å²) >= 11 is 2.33. The average molecular weight is 370 g/mol. The SMILES string of the molecule is Cn1nccc1SC(C)(F)C1CCN(C(=O)Nc2cnns2)CC1. The van der Waals surface area contributed by atoms with Crippen LogP contribution < -0.4 is 5.32 Å². The van der Waals surface area contributed by atoms with E-state index in [9.17, 15) is 4.79 Å². The highest BCUT2D eigenvalue weighted by atomic mass is 32.2. The van der Waals surface area contributed by atoms with E-state index in [1.54, 1.807) is 29.7 Å². The Hall–Kier alpha value is -1.68. The predicted octanol–water partition coefficient (Wildman–Crippen LogP) is 2.99. The zero-order chi connectivity index (χ0) is 17.2. The first-order valence-corrected chi connectivity index (χ1v) is 9.24. The molecule has 0 radical (unpaired) electrons. The molecular weight excluding hydrogens is 351 g/mol. The molecule has 1 aliphatic rings. The molecule has 1 fully saturated rings. The van der Waals surface area contributed by atoms with E-state index in [4.69, 9.17) is 0 Å². The molecule has 1 aliphatic heterocycles. The molecular formula is C14H19FN6OS2. The minimum Gasteiger partial charge on any atom is -0.324 e. The minimum atomic E-state index is -1.39. The molecule has 0 spiro atoms. The normalized spacial score (nSPS) is 18.4. The molecule has 24 heavy (non-hydrogen) atoms. The molecule has 2 aromatic rings. The number of halogens is 1. The van der Waals surface area contributed by atoms with Gasteiger partial charge in [-0.15, -0.1) is 5.10 Å². The summed E-state index contributed by atoms with van der Waals surface area (Å²) < 4.78 is 20.5. The smallest absolute Gasteiger partial charge is 0.322 e. The van der Waals surface area contributed by atoms with Crippen molar-refractivity contribution in [1.29, 1.82) is 0 Å². The molecule has 7 nitrogen and oxygen atoms in total. The van der Waals surface area contributed by atoms with E-state index in [2.05, 4.69) is 20.0 Å². The van der Waals surface area contributed by atoms with Crippen LogP contribution in [0.15, 0.2) is 23.5 Å². The van der Waals surface area contributed by atoms with Crippen molar-refractivity contribution in [3.63, 3.8) is 0 Å². The second-order valence-electron chi connectivity index (χ2n) is 5.85. The lowest BCUT2D eigenvalue weighted by Crippen LogP contribution is -2.44. The molecule has 0 saturated carbocycles. The highest BCUT2D eigenvalue weighted by molar-refractivity contribution is 8.00. The van der Waals surface area contributed by atoms with Gasteiger partial charge in [0, 0.05) is 37.6 Å². The fraction of sp³-hybridized carbons (Fsp3) is 0.571. The molecule has 2 aromatic heterocycles. The van der Waals surface area contributed by atoms with E-state index in [1.807, 2.05) is 6.07 Å². The number of carbonyl (C=O) groups excluding carboxylic acids is 1. The Morgan fingerprint density at radius 3 is 2.83 bits per heavy atom. The van der Waals surface area contributed by atoms with Crippen LogP contribution in [0.3, 0.4) is 0 Å². The van der Waals surface area contributed by atoms with E-state index < -0.39 is 5.00 Å². The molecule has 1 saturated heterocycles. The molecule has 0 aliphatic carbocycles. The molecule has 10 heteroatoms. The van der Waals surface area contributed by atoms with Crippen LogP contribution in [0.25, 0.3) is 0 Å². The maximum atomic E-state index is 15.1. The number of hydrogen-bond donors (Lipinski definition) is 1. The largest absolute Gasteiger partial charge is 0.324 e. The van der Waals surface area contributed by atoms with Crippen LogP contribution in [-0.4, -0.2) is 48.4 Å². The van der Waals surface area contributed by atoms with Crippen LogP contribution >= 0.6 is 23.3 Å². The van der Waals surface area contributed by atoms with E-state index >= 15 is 4.39 Å². The number of nitrogens with one attached hydrogen (secondary N) is 1. The maximum absolute atomic E-state index is 15.1. The van der Waals surface area contributed by atoms with Crippen molar-refractivity contribution in [2.75, 3.05) is 18.4 Å². The fourth-order valence-electron chi connectivity index (χ4n) is 2.75. The number of thioether (sulfide) groups is 1. The second kappa shape index (κ2) is 7.06. The molecule has 2 amide bonds. The number of anilines is 1. The van der Waals surface area contributed by atoms with Gasteiger partial charge in [0.1, 0.15) is 5.00 Å². The molecule has 0 bridgehead atoms. The Morgan fingerprint density at radius 1 is 1.50 bits per heavy atom. The Bertz CT molecular complexity index is 681. The lowest BCUT2D eigenvalue weighted by molar-refractivity contribution is 0.124. The number of amides is 2. The van der Waals surface area contributed by atoms with Gasteiger partial charge in [-0.05, 0) is 25.8 Å². The first kappa shape index (κ1) is 17.2. The molecule has 3 rings (SSSR count). The molecule has 3 heterocycles. The topological polar surface area (TPSA) is 75.9 Å². The summed E-state index contributed by atoms with van der Waals surface area (Å²) in [4.78, 5) is 13.9. The van der Waals surface area contributed by atoms with Crippen LogP contribution in [0.1, 0.15) is 19.8 Å². The Kier molecular flexibility index (Phi) is 5.04. The number of urea groups is 1. The van der Waals surface area contributed by atoms with Crippen molar-refractivity contribution in [2.24, 2.45) is 13.0 Å². The fourth-order valence-corrected chi connectivity index (χ4v) is 4.28. The lowest BCUT2D eigenvalue weighted by Gasteiger charge is -2.37. The monoisotopic (exact) mass is 370 g/mol. The molecule has 1 atom stereocenters. The predicted molar refractivity (Wildman–Crippen MR) is 91.8 cm³/mol. The number of aryl methyl sites for hydroxylation is 1. The molecule has 1 N–H and O–H groups in total. The van der Waals surface area contributed by atoms with Gasteiger partial charge in [0.2, 0.25) is 0 Å². The van der Waals surface area contributed by atoms with Crippen LogP contribution in [0, 0.1) is 5.92 Å². The zero-order valence-corrected chi connectivity index (χ0v) is 15.1. The summed E-state index contributed by atoms with van der Waals surface area (Å²) in [6.07, 6.45) is 4.44. The first-order chi connectivity index (χ1) is 11.5. The Balaban J connectivity index is 1.54. The van der Waals surface area contributed by atoms with Gasteiger partial charge in [0.15, 0.2) is 5.00 Å². The summed E-state index contributed by atoms with van der Waals surface area (Å²) in [6, 6.07) is 1.63. The number of aromatic nitrogens is 4. The van der Waals surface area contributed by atoms with Gasteiger partial charge in [-0.1, -0.05) is 16.3 Å². The summed E-state index contributed by atoms with van der Waals surface area (Å²) in [6.45, 7) is 2.69. The Labute approximate surface area is 147 Å². The number of likely N-dealkylation sites (tertiary alicyclic amines) is 1. The summed E-state index contributed by atoms with van der Waals surface area (Å²) in [7, 11) is 1.81. The van der Waals surface area contributed by atoms with Crippen molar-refractivity contribution >= 4 is 34.3 Å². The quantitative estimate of drug-likeness (QED) is 0.838. The van der Waals surface area contributed by atoms with E-state index in [-0.39, 0.29) is 11.9 Å². The second-order valence-corrected chi connectivity index (χ2v) is 8.06. The Morgan fingerprint density at radius 2 is 2.25 bits per heavy atom. The standard InChI is InChI=1S/C14H19FN6OS2/c1-14(15,23-12-3-6-17-20(12)2)10-4-7-21(8-5-10)13(22)18-11-9-16-19-24-11/h3,6,9-10H,4-5,7-8H2,1-2H3,(H,18,22). The minimum absolute atomic E-state index is 0.105. The van der Waals surface area contributed by atoms with Crippen molar-refractivity contribution in [1.82, 2.24) is 24.3 Å². The van der Waals surface area contributed by atoms with Gasteiger partial charge in [-0.2, -0.15) is 5.10 Å². The van der Waals surface area contributed by atoms with E-state index in [1.165, 1.54) is 18.0 Å². The van der Waals surface area contributed by atoms with Crippen molar-refractivity contribution in [3.05, 3.63) is 18.5 Å². The summed E-state index contributed by atoms with van der Waals surface area (Å²) in [5, 5.41) is 10.5. The molecule has 0 aromatic carbocycles.